The lowest BCUT2D eigenvalue weighted by Gasteiger charge is -2.25. The molecule has 1 aromatic carbocycles. The number of nitrogens with two attached hydrogens (primary N) is 1. The Kier molecular flexibility index (Phi) is 6.50. The Balaban J connectivity index is 1.32. The van der Waals surface area contributed by atoms with Gasteiger partial charge in [-0.3, -0.25) is 19.5 Å². The summed E-state index contributed by atoms with van der Waals surface area (Å²) in [5.74, 6) is -1.02. The summed E-state index contributed by atoms with van der Waals surface area (Å²) >= 11 is 2.69. The van der Waals surface area contributed by atoms with Crippen molar-refractivity contribution in [1.82, 2.24) is 14.9 Å². The summed E-state index contributed by atoms with van der Waals surface area (Å²) in [6.45, 7) is 4.00. The molecule has 0 saturated carbocycles. The number of carbonyl (C=O) groups excluding carboxylic acids is 2. The predicted octanol–water partition coefficient (Wildman–Crippen LogP) is 3.68. The summed E-state index contributed by atoms with van der Waals surface area (Å²) in [7, 11) is 0. The van der Waals surface area contributed by atoms with Gasteiger partial charge in [-0.15, -0.1) is 11.3 Å². The molecule has 2 amide bonds. The first-order chi connectivity index (χ1) is 16.6. The molecule has 4 heterocycles. The Morgan fingerprint density at radius 1 is 1.18 bits per heavy atom. The number of aromatic nitrogens is 2. The second-order valence-corrected chi connectivity index (χ2v) is 9.70. The number of rotatable bonds is 7. The Bertz CT molecular complexity index is 1340. The molecule has 0 spiro atoms. The number of primary amides is 1. The number of hydrogen-bond donors (Lipinski definition) is 3. The van der Waals surface area contributed by atoms with Crippen LogP contribution in [0.1, 0.15) is 25.7 Å². The lowest BCUT2D eigenvalue weighted by Crippen LogP contribution is -2.35. The number of carbonyl (C=O) groups is 2. The SMILES string of the molecule is NC(=O)c1nc(Nc2cccc3ncccc23)sc1NC(=O)c1csc(CN2CCOCC2)c1. The van der Waals surface area contributed by atoms with E-state index >= 15 is 0 Å². The van der Waals surface area contributed by atoms with Gasteiger partial charge in [0.1, 0.15) is 5.00 Å². The van der Waals surface area contributed by atoms with Crippen molar-refractivity contribution in [3.8, 4) is 0 Å². The molecule has 3 aromatic heterocycles. The molecule has 5 rings (SSSR count). The third kappa shape index (κ3) is 4.92. The van der Waals surface area contributed by atoms with Gasteiger partial charge < -0.3 is 21.1 Å². The Morgan fingerprint density at radius 3 is 2.85 bits per heavy atom. The maximum Gasteiger partial charge on any atom is 0.270 e. The maximum absolute atomic E-state index is 12.9. The molecule has 0 bridgehead atoms. The Labute approximate surface area is 203 Å². The quantitative estimate of drug-likeness (QED) is 0.358. The van der Waals surface area contributed by atoms with Crippen molar-refractivity contribution in [3.05, 3.63) is 64.1 Å². The fourth-order valence-corrected chi connectivity index (χ4v) is 5.47. The minimum absolute atomic E-state index is 0.0166. The van der Waals surface area contributed by atoms with Crippen LogP contribution in [-0.4, -0.2) is 53.0 Å². The zero-order chi connectivity index (χ0) is 23.5. The molecule has 4 N–H and O–H groups in total. The first kappa shape index (κ1) is 22.4. The molecule has 1 aliphatic heterocycles. The van der Waals surface area contributed by atoms with E-state index in [2.05, 4.69) is 25.5 Å². The van der Waals surface area contributed by atoms with E-state index in [9.17, 15) is 9.59 Å². The minimum Gasteiger partial charge on any atom is -0.379 e. The summed E-state index contributed by atoms with van der Waals surface area (Å²) in [6.07, 6.45) is 1.73. The van der Waals surface area contributed by atoms with Crippen molar-refractivity contribution in [2.45, 2.75) is 6.54 Å². The van der Waals surface area contributed by atoms with E-state index in [1.54, 1.807) is 6.20 Å². The third-order valence-electron chi connectivity index (χ3n) is 5.37. The highest BCUT2D eigenvalue weighted by molar-refractivity contribution is 7.20. The number of pyridine rings is 1. The highest BCUT2D eigenvalue weighted by atomic mass is 32.1. The average Bonchev–Trinajstić information content (AvgIpc) is 3.47. The van der Waals surface area contributed by atoms with Crippen molar-refractivity contribution in [1.29, 1.82) is 0 Å². The van der Waals surface area contributed by atoms with Crippen LogP contribution >= 0.6 is 22.7 Å². The minimum atomic E-state index is -0.711. The number of amides is 2. The van der Waals surface area contributed by atoms with Crippen LogP contribution in [0.15, 0.2) is 48.0 Å². The zero-order valence-corrected chi connectivity index (χ0v) is 19.7. The molecule has 0 radical (unpaired) electrons. The number of hydrogen-bond acceptors (Lipinski definition) is 9. The van der Waals surface area contributed by atoms with Gasteiger partial charge in [-0.2, -0.15) is 0 Å². The molecule has 174 valence electrons. The van der Waals surface area contributed by atoms with Crippen LogP contribution in [0.25, 0.3) is 10.9 Å². The lowest BCUT2D eigenvalue weighted by atomic mass is 10.2. The number of anilines is 3. The van der Waals surface area contributed by atoms with E-state index in [-0.39, 0.29) is 11.6 Å². The molecule has 0 unspecified atom stereocenters. The lowest BCUT2D eigenvalue weighted by molar-refractivity contribution is 0.0346. The number of fused-ring (bicyclic) bond motifs is 1. The monoisotopic (exact) mass is 494 g/mol. The fourth-order valence-electron chi connectivity index (χ4n) is 3.69. The standard InChI is InChI=1S/C23H22N6O3S2/c24-20(30)19-22(28-21(31)14-11-15(33-13-14)12-29-7-9-32-10-8-29)34-23(27-19)26-18-5-1-4-17-16(18)3-2-6-25-17/h1-6,11,13H,7-10,12H2,(H2,24,30)(H,26,27)(H,28,31). The maximum atomic E-state index is 12.9. The van der Waals surface area contributed by atoms with Gasteiger partial charge in [0.2, 0.25) is 0 Å². The van der Waals surface area contributed by atoms with Gasteiger partial charge in [-0.05, 0) is 30.3 Å². The van der Waals surface area contributed by atoms with Crippen molar-refractivity contribution in [2.24, 2.45) is 5.73 Å². The van der Waals surface area contributed by atoms with Crippen LogP contribution in [-0.2, 0) is 11.3 Å². The Hall–Kier alpha value is -3.38. The van der Waals surface area contributed by atoms with Gasteiger partial charge in [0, 0.05) is 47.2 Å². The van der Waals surface area contributed by atoms with Crippen LogP contribution in [0.3, 0.4) is 0 Å². The molecular weight excluding hydrogens is 472 g/mol. The van der Waals surface area contributed by atoms with Gasteiger partial charge in [-0.1, -0.05) is 17.4 Å². The molecule has 1 saturated heterocycles. The topological polar surface area (TPSA) is 122 Å². The van der Waals surface area contributed by atoms with Crippen LogP contribution in [0.4, 0.5) is 15.8 Å². The molecule has 0 atom stereocenters. The molecule has 1 fully saturated rings. The molecule has 34 heavy (non-hydrogen) atoms. The normalized spacial score (nSPS) is 14.2. The number of morpholine rings is 1. The predicted molar refractivity (Wildman–Crippen MR) is 134 cm³/mol. The van der Waals surface area contributed by atoms with Gasteiger partial charge >= 0.3 is 0 Å². The number of thiazole rings is 1. The van der Waals surface area contributed by atoms with Crippen LogP contribution < -0.4 is 16.4 Å². The summed E-state index contributed by atoms with van der Waals surface area (Å²) in [5, 5.41) is 9.51. The molecule has 9 nitrogen and oxygen atoms in total. The number of benzene rings is 1. The van der Waals surface area contributed by atoms with Gasteiger partial charge in [0.05, 0.1) is 24.3 Å². The van der Waals surface area contributed by atoms with E-state index in [1.807, 2.05) is 41.8 Å². The first-order valence-corrected chi connectivity index (χ1v) is 12.4. The van der Waals surface area contributed by atoms with Crippen molar-refractivity contribution < 1.29 is 14.3 Å². The van der Waals surface area contributed by atoms with E-state index in [1.165, 1.54) is 11.3 Å². The zero-order valence-electron chi connectivity index (χ0n) is 18.1. The number of nitrogens with zero attached hydrogens (tertiary/aromatic N) is 3. The molecule has 0 aliphatic carbocycles. The van der Waals surface area contributed by atoms with E-state index < -0.39 is 5.91 Å². The van der Waals surface area contributed by atoms with Crippen LogP contribution in [0.2, 0.25) is 0 Å². The highest BCUT2D eigenvalue weighted by Crippen LogP contribution is 2.33. The molecule has 4 aromatic rings. The summed E-state index contributed by atoms with van der Waals surface area (Å²) in [5.41, 5.74) is 7.71. The van der Waals surface area contributed by atoms with E-state index in [0.717, 1.165) is 65.7 Å². The summed E-state index contributed by atoms with van der Waals surface area (Å²) in [4.78, 5) is 37.0. The van der Waals surface area contributed by atoms with Crippen LogP contribution in [0, 0.1) is 0 Å². The van der Waals surface area contributed by atoms with Gasteiger partial charge in [0.15, 0.2) is 10.8 Å². The first-order valence-electron chi connectivity index (χ1n) is 10.7. The van der Waals surface area contributed by atoms with E-state index in [4.69, 9.17) is 10.5 Å². The van der Waals surface area contributed by atoms with Crippen molar-refractivity contribution in [3.63, 3.8) is 0 Å². The number of ether oxygens (including phenoxy) is 1. The second-order valence-electron chi connectivity index (χ2n) is 7.71. The fraction of sp³-hybridized carbons (Fsp3) is 0.217. The summed E-state index contributed by atoms with van der Waals surface area (Å²) in [6, 6.07) is 11.4. The smallest absolute Gasteiger partial charge is 0.270 e. The second kappa shape index (κ2) is 9.85. The van der Waals surface area contributed by atoms with Crippen molar-refractivity contribution in [2.75, 3.05) is 36.9 Å². The molecular formula is C23H22N6O3S2. The van der Waals surface area contributed by atoms with Crippen LogP contribution in [0.5, 0.6) is 0 Å². The molecule has 11 heteroatoms. The number of nitrogens with one attached hydrogen (secondary N) is 2. The van der Waals surface area contributed by atoms with Gasteiger partial charge in [-0.25, -0.2) is 4.98 Å². The highest BCUT2D eigenvalue weighted by Gasteiger charge is 2.20. The van der Waals surface area contributed by atoms with Crippen molar-refractivity contribution >= 4 is 61.2 Å². The number of thiophene rings is 1. The Morgan fingerprint density at radius 2 is 2.03 bits per heavy atom. The average molecular weight is 495 g/mol. The molecule has 1 aliphatic rings. The summed E-state index contributed by atoms with van der Waals surface area (Å²) < 4.78 is 5.39. The third-order valence-corrected chi connectivity index (χ3v) is 7.18. The van der Waals surface area contributed by atoms with Gasteiger partial charge in [0.25, 0.3) is 11.8 Å². The largest absolute Gasteiger partial charge is 0.379 e. The van der Waals surface area contributed by atoms with E-state index in [0.29, 0.717) is 15.7 Å².